The van der Waals surface area contributed by atoms with Gasteiger partial charge in [0.25, 0.3) is 0 Å². The van der Waals surface area contributed by atoms with Crippen molar-refractivity contribution in [3.8, 4) is 17.1 Å². The second-order valence-corrected chi connectivity index (χ2v) is 7.21. The molecule has 0 aliphatic heterocycles. The fourth-order valence-corrected chi connectivity index (χ4v) is 3.50. The molecule has 0 radical (unpaired) electrons. The Bertz CT molecular complexity index is 1150. The minimum absolute atomic E-state index is 0.0268. The highest BCUT2D eigenvalue weighted by atomic mass is 16.5. The predicted octanol–water partition coefficient (Wildman–Crippen LogP) is 4.58. The van der Waals surface area contributed by atoms with E-state index >= 15 is 0 Å². The van der Waals surface area contributed by atoms with Gasteiger partial charge in [-0.1, -0.05) is 47.6 Å². The van der Waals surface area contributed by atoms with Gasteiger partial charge in [-0.3, -0.25) is 4.79 Å². The van der Waals surface area contributed by atoms with E-state index in [-0.39, 0.29) is 5.91 Å². The molecule has 0 atom stereocenters. The molecule has 31 heavy (non-hydrogen) atoms. The van der Waals surface area contributed by atoms with Crippen molar-refractivity contribution in [2.75, 3.05) is 13.2 Å². The third-order valence-corrected chi connectivity index (χ3v) is 5.05. The van der Waals surface area contributed by atoms with Crippen LogP contribution in [0.15, 0.2) is 71.3 Å². The minimum Gasteiger partial charge on any atom is -0.494 e. The van der Waals surface area contributed by atoms with E-state index in [1.807, 2.05) is 43.3 Å². The van der Waals surface area contributed by atoms with Crippen LogP contribution in [-0.2, 0) is 17.6 Å². The van der Waals surface area contributed by atoms with Gasteiger partial charge in [0.1, 0.15) is 5.75 Å². The lowest BCUT2D eigenvalue weighted by Crippen LogP contribution is -2.25. The van der Waals surface area contributed by atoms with Gasteiger partial charge in [-0.15, -0.1) is 0 Å². The van der Waals surface area contributed by atoms with E-state index in [0.717, 1.165) is 17.7 Å². The Labute approximate surface area is 181 Å². The van der Waals surface area contributed by atoms with Crippen LogP contribution in [0.5, 0.6) is 5.75 Å². The summed E-state index contributed by atoms with van der Waals surface area (Å²) in [6, 6.07) is 22.1. The third-order valence-electron chi connectivity index (χ3n) is 5.05. The van der Waals surface area contributed by atoms with Crippen molar-refractivity contribution >= 4 is 16.7 Å². The molecule has 0 saturated carbocycles. The molecule has 4 rings (SSSR count). The van der Waals surface area contributed by atoms with Crippen molar-refractivity contribution in [1.29, 1.82) is 0 Å². The average Bonchev–Trinajstić information content (AvgIpc) is 3.28. The molecule has 0 saturated heterocycles. The number of benzene rings is 3. The van der Waals surface area contributed by atoms with Gasteiger partial charge in [-0.25, -0.2) is 0 Å². The topological polar surface area (TPSA) is 77.2 Å². The molecule has 158 valence electrons. The first-order valence-electron chi connectivity index (χ1n) is 10.5. The van der Waals surface area contributed by atoms with E-state index < -0.39 is 0 Å². The van der Waals surface area contributed by atoms with Gasteiger partial charge >= 0.3 is 0 Å². The number of rotatable bonds is 9. The maximum Gasteiger partial charge on any atom is 0.227 e. The Kier molecular flexibility index (Phi) is 6.57. The Morgan fingerprint density at radius 3 is 2.65 bits per heavy atom. The number of ether oxygens (including phenoxy) is 1. The lowest BCUT2D eigenvalue weighted by Gasteiger charge is -2.07. The van der Waals surface area contributed by atoms with Crippen LogP contribution < -0.4 is 10.1 Å². The first kappa shape index (κ1) is 20.6. The number of hydrogen-bond acceptors (Lipinski definition) is 5. The summed E-state index contributed by atoms with van der Waals surface area (Å²) in [4.78, 5) is 16.6. The maximum absolute atomic E-state index is 12.2. The van der Waals surface area contributed by atoms with Crippen LogP contribution in [0.3, 0.4) is 0 Å². The fourth-order valence-electron chi connectivity index (χ4n) is 3.50. The molecule has 0 spiro atoms. The molecule has 0 bridgehead atoms. The summed E-state index contributed by atoms with van der Waals surface area (Å²) in [6.45, 7) is 3.16. The Morgan fingerprint density at radius 2 is 1.81 bits per heavy atom. The molecule has 6 heteroatoms. The standard InChI is InChI=1S/C25H25N3O3/c1-2-30-21-12-10-20(11-13-21)25-27-24(31-28-25)15-14-23(29)26-17-16-19-8-5-7-18-6-3-4-9-22(18)19/h3-13H,2,14-17H2,1H3,(H,26,29). The summed E-state index contributed by atoms with van der Waals surface area (Å²) < 4.78 is 10.7. The number of hydrogen-bond donors (Lipinski definition) is 1. The molecule has 0 aliphatic carbocycles. The number of carbonyl (C=O) groups is 1. The number of aryl methyl sites for hydroxylation is 1. The number of carbonyl (C=O) groups excluding carboxylic acids is 1. The van der Waals surface area contributed by atoms with E-state index in [0.29, 0.717) is 37.7 Å². The van der Waals surface area contributed by atoms with Crippen molar-refractivity contribution in [1.82, 2.24) is 15.5 Å². The second kappa shape index (κ2) is 9.89. The summed E-state index contributed by atoms with van der Waals surface area (Å²) >= 11 is 0. The molecule has 1 heterocycles. The summed E-state index contributed by atoms with van der Waals surface area (Å²) in [5, 5.41) is 9.43. The van der Waals surface area contributed by atoms with Crippen molar-refractivity contribution in [3.63, 3.8) is 0 Å². The SMILES string of the molecule is CCOc1ccc(-c2noc(CCC(=O)NCCc3cccc4ccccc34)n2)cc1. The predicted molar refractivity (Wildman–Crippen MR) is 120 cm³/mol. The van der Waals surface area contributed by atoms with E-state index in [1.165, 1.54) is 16.3 Å². The lowest BCUT2D eigenvalue weighted by atomic mass is 10.0. The van der Waals surface area contributed by atoms with E-state index in [1.54, 1.807) is 0 Å². The molecular weight excluding hydrogens is 390 g/mol. The molecule has 6 nitrogen and oxygen atoms in total. The van der Waals surface area contributed by atoms with Gasteiger partial charge in [0.2, 0.25) is 17.6 Å². The van der Waals surface area contributed by atoms with E-state index in [9.17, 15) is 4.79 Å². The smallest absolute Gasteiger partial charge is 0.227 e. The van der Waals surface area contributed by atoms with Gasteiger partial charge in [0.15, 0.2) is 0 Å². The number of nitrogens with zero attached hydrogens (tertiary/aromatic N) is 2. The van der Waals surface area contributed by atoms with Crippen LogP contribution in [0.4, 0.5) is 0 Å². The van der Waals surface area contributed by atoms with Crippen LogP contribution in [-0.4, -0.2) is 29.2 Å². The van der Waals surface area contributed by atoms with Crippen LogP contribution in [0, 0.1) is 0 Å². The molecular formula is C25H25N3O3. The number of nitrogens with one attached hydrogen (secondary N) is 1. The highest BCUT2D eigenvalue weighted by Crippen LogP contribution is 2.21. The summed E-state index contributed by atoms with van der Waals surface area (Å²) in [7, 11) is 0. The number of fused-ring (bicyclic) bond motifs is 1. The highest BCUT2D eigenvalue weighted by molar-refractivity contribution is 5.85. The maximum atomic E-state index is 12.2. The van der Waals surface area contributed by atoms with Gasteiger partial charge < -0.3 is 14.6 Å². The van der Waals surface area contributed by atoms with Crippen LogP contribution in [0.2, 0.25) is 0 Å². The van der Waals surface area contributed by atoms with Gasteiger partial charge in [0, 0.05) is 24.9 Å². The summed E-state index contributed by atoms with van der Waals surface area (Å²) in [5.74, 6) is 1.73. The molecule has 3 aromatic carbocycles. The van der Waals surface area contributed by atoms with E-state index in [4.69, 9.17) is 9.26 Å². The van der Waals surface area contributed by atoms with Crippen molar-refractivity contribution in [2.24, 2.45) is 0 Å². The summed E-state index contributed by atoms with van der Waals surface area (Å²) in [5.41, 5.74) is 2.08. The summed E-state index contributed by atoms with van der Waals surface area (Å²) in [6.07, 6.45) is 1.50. The number of amides is 1. The van der Waals surface area contributed by atoms with Gasteiger partial charge in [0.05, 0.1) is 6.61 Å². The largest absolute Gasteiger partial charge is 0.494 e. The zero-order valence-electron chi connectivity index (χ0n) is 17.5. The fraction of sp³-hybridized carbons (Fsp3) is 0.240. The molecule has 0 fully saturated rings. The monoisotopic (exact) mass is 415 g/mol. The average molecular weight is 415 g/mol. The first-order valence-corrected chi connectivity index (χ1v) is 10.5. The second-order valence-electron chi connectivity index (χ2n) is 7.21. The van der Waals surface area contributed by atoms with Gasteiger partial charge in [-0.05, 0) is 53.9 Å². The molecule has 1 N–H and O–H groups in total. The molecule has 1 amide bonds. The van der Waals surface area contributed by atoms with Crippen molar-refractivity contribution < 1.29 is 14.1 Å². The molecule has 0 aliphatic rings. The van der Waals surface area contributed by atoms with Crippen molar-refractivity contribution in [2.45, 2.75) is 26.2 Å². The minimum atomic E-state index is -0.0268. The Morgan fingerprint density at radius 1 is 1.00 bits per heavy atom. The lowest BCUT2D eigenvalue weighted by molar-refractivity contribution is -0.121. The van der Waals surface area contributed by atoms with Crippen LogP contribution >= 0.6 is 0 Å². The van der Waals surface area contributed by atoms with Crippen molar-refractivity contribution in [3.05, 3.63) is 78.2 Å². The normalized spacial score (nSPS) is 10.9. The third kappa shape index (κ3) is 5.28. The molecule has 4 aromatic rings. The zero-order valence-corrected chi connectivity index (χ0v) is 17.5. The molecule has 0 unspecified atom stereocenters. The Balaban J connectivity index is 1.25. The highest BCUT2D eigenvalue weighted by Gasteiger charge is 2.11. The van der Waals surface area contributed by atoms with Crippen LogP contribution in [0.25, 0.3) is 22.2 Å². The quantitative estimate of drug-likeness (QED) is 0.433. The number of aromatic nitrogens is 2. The first-order chi connectivity index (χ1) is 15.2. The van der Waals surface area contributed by atoms with E-state index in [2.05, 4.69) is 45.8 Å². The van der Waals surface area contributed by atoms with Crippen LogP contribution in [0.1, 0.15) is 24.8 Å². The zero-order chi connectivity index (χ0) is 21.5. The Hall–Kier alpha value is -3.67. The molecule has 1 aromatic heterocycles. The van der Waals surface area contributed by atoms with Gasteiger partial charge in [-0.2, -0.15) is 4.98 Å².